The molecule has 0 aromatic heterocycles. The van der Waals surface area contributed by atoms with Crippen molar-refractivity contribution >= 4 is 17.9 Å². The Labute approximate surface area is 134 Å². The van der Waals surface area contributed by atoms with Crippen molar-refractivity contribution in [1.82, 2.24) is 0 Å². The molecule has 1 rings (SSSR count). The first-order valence-corrected chi connectivity index (χ1v) is 8.61. The topological polar surface area (TPSA) is 46.2 Å². The second-order valence-electron chi connectivity index (χ2n) is 5.87. The van der Waals surface area contributed by atoms with E-state index in [9.17, 15) is 9.59 Å². The quantitative estimate of drug-likeness (QED) is 0.417. The first-order valence-electron chi connectivity index (χ1n) is 8.61. The van der Waals surface area contributed by atoms with Crippen molar-refractivity contribution in [2.24, 2.45) is 0 Å². The lowest BCUT2D eigenvalue weighted by atomic mass is 10.1. The van der Waals surface area contributed by atoms with Gasteiger partial charge in [-0.3, -0.25) is 9.59 Å². The minimum Gasteiger partial charge on any atom is -0.326 e. The van der Waals surface area contributed by atoms with Crippen LogP contribution in [0.5, 0.6) is 0 Å². The molecule has 1 N–H and O–H groups in total. The molecule has 0 fully saturated rings. The standard InChI is InChI=1S/C19H29NO2/c1-2-3-4-5-6-7-8-9-10-11-19(22)20-18-14-12-17(16-21)13-15-18/h12-16H,2-11H2,1H3,(H,20,22). The lowest BCUT2D eigenvalue weighted by Gasteiger charge is -2.05. The minimum absolute atomic E-state index is 0.0572. The van der Waals surface area contributed by atoms with E-state index < -0.39 is 0 Å². The smallest absolute Gasteiger partial charge is 0.224 e. The summed E-state index contributed by atoms with van der Waals surface area (Å²) in [4.78, 5) is 22.3. The highest BCUT2D eigenvalue weighted by atomic mass is 16.1. The molecule has 0 heterocycles. The zero-order valence-electron chi connectivity index (χ0n) is 13.8. The molecule has 1 amide bonds. The average molecular weight is 303 g/mol. The molecule has 1 aromatic carbocycles. The Morgan fingerprint density at radius 3 is 2.00 bits per heavy atom. The predicted molar refractivity (Wildman–Crippen MR) is 92.3 cm³/mol. The minimum atomic E-state index is 0.0572. The Kier molecular flexibility index (Phi) is 10.0. The summed E-state index contributed by atoms with van der Waals surface area (Å²) in [6.45, 7) is 2.24. The average Bonchev–Trinajstić information content (AvgIpc) is 2.54. The van der Waals surface area contributed by atoms with Crippen LogP contribution in [0.3, 0.4) is 0 Å². The van der Waals surface area contributed by atoms with Crippen molar-refractivity contribution in [2.45, 2.75) is 71.1 Å². The summed E-state index contributed by atoms with van der Waals surface area (Å²) in [7, 11) is 0. The lowest BCUT2D eigenvalue weighted by molar-refractivity contribution is -0.116. The van der Waals surface area contributed by atoms with E-state index in [4.69, 9.17) is 0 Å². The van der Waals surface area contributed by atoms with Crippen molar-refractivity contribution in [3.05, 3.63) is 29.8 Å². The molecule has 0 atom stereocenters. The van der Waals surface area contributed by atoms with Gasteiger partial charge in [0.25, 0.3) is 0 Å². The third kappa shape index (κ3) is 8.60. The predicted octanol–water partition coefficient (Wildman–Crippen LogP) is 5.36. The molecule has 1 aromatic rings. The van der Waals surface area contributed by atoms with Crippen LogP contribution in [0.15, 0.2) is 24.3 Å². The number of amides is 1. The van der Waals surface area contributed by atoms with Crippen molar-refractivity contribution in [1.29, 1.82) is 0 Å². The van der Waals surface area contributed by atoms with Crippen molar-refractivity contribution in [2.75, 3.05) is 5.32 Å². The summed E-state index contributed by atoms with van der Waals surface area (Å²) in [6.07, 6.45) is 12.7. The molecular weight excluding hydrogens is 274 g/mol. The van der Waals surface area contributed by atoms with Gasteiger partial charge in [-0.15, -0.1) is 0 Å². The van der Waals surface area contributed by atoms with Crippen LogP contribution in [-0.2, 0) is 4.79 Å². The fraction of sp³-hybridized carbons (Fsp3) is 0.579. The van der Waals surface area contributed by atoms with Gasteiger partial charge < -0.3 is 5.32 Å². The van der Waals surface area contributed by atoms with Crippen LogP contribution in [-0.4, -0.2) is 12.2 Å². The number of nitrogens with one attached hydrogen (secondary N) is 1. The Hall–Kier alpha value is -1.64. The van der Waals surface area contributed by atoms with Crippen LogP contribution >= 0.6 is 0 Å². The molecule has 3 heteroatoms. The highest BCUT2D eigenvalue weighted by Gasteiger charge is 2.02. The van der Waals surface area contributed by atoms with Gasteiger partial charge in [0, 0.05) is 17.7 Å². The van der Waals surface area contributed by atoms with Gasteiger partial charge >= 0.3 is 0 Å². The van der Waals surface area contributed by atoms with Crippen molar-refractivity contribution in [3.63, 3.8) is 0 Å². The van der Waals surface area contributed by atoms with Crippen LogP contribution in [0.1, 0.15) is 81.5 Å². The molecule has 3 nitrogen and oxygen atoms in total. The summed E-state index contributed by atoms with van der Waals surface area (Å²) in [5, 5.41) is 2.86. The van der Waals surface area contributed by atoms with Crippen LogP contribution in [0.25, 0.3) is 0 Å². The van der Waals surface area contributed by atoms with Crippen LogP contribution in [0.2, 0.25) is 0 Å². The number of aldehydes is 1. The number of carbonyl (C=O) groups is 2. The largest absolute Gasteiger partial charge is 0.326 e. The van der Waals surface area contributed by atoms with Gasteiger partial charge in [0.05, 0.1) is 0 Å². The fourth-order valence-corrected chi connectivity index (χ4v) is 2.46. The Bertz CT molecular complexity index is 426. The summed E-state index contributed by atoms with van der Waals surface area (Å²) in [5.41, 5.74) is 1.38. The molecule has 0 spiro atoms. The molecule has 0 unspecified atom stereocenters. The molecule has 0 radical (unpaired) electrons. The van der Waals surface area contributed by atoms with Gasteiger partial charge in [0.1, 0.15) is 6.29 Å². The highest BCUT2D eigenvalue weighted by Crippen LogP contribution is 2.12. The van der Waals surface area contributed by atoms with Crippen molar-refractivity contribution in [3.8, 4) is 0 Å². The summed E-state index contributed by atoms with van der Waals surface area (Å²) in [6, 6.07) is 6.94. The summed E-state index contributed by atoms with van der Waals surface area (Å²) >= 11 is 0. The second kappa shape index (κ2) is 12.0. The molecule has 0 bridgehead atoms. The maximum absolute atomic E-state index is 11.8. The van der Waals surface area contributed by atoms with E-state index in [1.54, 1.807) is 24.3 Å². The molecule has 0 aliphatic rings. The maximum atomic E-state index is 11.8. The van der Waals surface area contributed by atoms with Gasteiger partial charge in [-0.25, -0.2) is 0 Å². The number of hydrogen-bond acceptors (Lipinski definition) is 2. The number of unbranched alkanes of at least 4 members (excludes halogenated alkanes) is 8. The molecule has 0 saturated carbocycles. The van der Waals surface area contributed by atoms with Crippen molar-refractivity contribution < 1.29 is 9.59 Å². The zero-order chi connectivity index (χ0) is 16.0. The third-order valence-electron chi connectivity index (χ3n) is 3.84. The molecule has 122 valence electrons. The molecule has 0 aliphatic heterocycles. The monoisotopic (exact) mass is 303 g/mol. The number of benzene rings is 1. The van der Waals surface area contributed by atoms with Crippen LogP contribution < -0.4 is 5.32 Å². The summed E-state index contributed by atoms with van der Waals surface area (Å²) in [5.74, 6) is 0.0572. The second-order valence-corrected chi connectivity index (χ2v) is 5.87. The Morgan fingerprint density at radius 1 is 0.909 bits per heavy atom. The highest BCUT2D eigenvalue weighted by molar-refractivity contribution is 5.91. The number of rotatable bonds is 12. The van der Waals surface area contributed by atoms with Gasteiger partial charge in [-0.05, 0) is 30.7 Å². The van der Waals surface area contributed by atoms with Gasteiger partial charge in [-0.2, -0.15) is 0 Å². The first kappa shape index (κ1) is 18.4. The molecule has 22 heavy (non-hydrogen) atoms. The normalized spacial score (nSPS) is 10.4. The molecule has 0 saturated heterocycles. The third-order valence-corrected chi connectivity index (χ3v) is 3.84. The van der Waals surface area contributed by atoms with Gasteiger partial charge in [-0.1, -0.05) is 58.3 Å². The number of carbonyl (C=O) groups excluding carboxylic acids is 2. The fourth-order valence-electron chi connectivity index (χ4n) is 2.46. The zero-order valence-corrected chi connectivity index (χ0v) is 13.8. The van der Waals surface area contributed by atoms with E-state index in [1.807, 2.05) is 0 Å². The molecule has 0 aliphatic carbocycles. The number of hydrogen-bond donors (Lipinski definition) is 1. The van der Waals surface area contributed by atoms with Gasteiger partial charge in [0.2, 0.25) is 5.91 Å². The first-order chi connectivity index (χ1) is 10.8. The van der Waals surface area contributed by atoms with Crippen LogP contribution in [0.4, 0.5) is 5.69 Å². The van der Waals surface area contributed by atoms with Crippen LogP contribution in [0, 0.1) is 0 Å². The SMILES string of the molecule is CCCCCCCCCCCC(=O)Nc1ccc(C=O)cc1. The van der Waals surface area contributed by atoms with E-state index in [1.165, 1.54) is 44.9 Å². The van der Waals surface area contributed by atoms with E-state index >= 15 is 0 Å². The van der Waals surface area contributed by atoms with E-state index in [0.29, 0.717) is 12.0 Å². The summed E-state index contributed by atoms with van der Waals surface area (Å²) < 4.78 is 0. The van der Waals surface area contributed by atoms with E-state index in [-0.39, 0.29) is 5.91 Å². The maximum Gasteiger partial charge on any atom is 0.224 e. The Morgan fingerprint density at radius 2 is 1.45 bits per heavy atom. The van der Waals surface area contributed by atoms with E-state index in [0.717, 1.165) is 24.8 Å². The van der Waals surface area contributed by atoms with Gasteiger partial charge in [0.15, 0.2) is 0 Å². The van der Waals surface area contributed by atoms with E-state index in [2.05, 4.69) is 12.2 Å². The molecular formula is C19H29NO2. The lowest BCUT2D eigenvalue weighted by Crippen LogP contribution is -2.10. The Balaban J connectivity index is 2.02. The number of anilines is 1.